The molecule has 1 fully saturated rings. The number of hydrogen-bond donors (Lipinski definition) is 1. The lowest BCUT2D eigenvalue weighted by Crippen LogP contribution is -2.14. The smallest absolute Gasteiger partial charge is 0.321 e. The van der Waals surface area contributed by atoms with Gasteiger partial charge in [-0.3, -0.25) is 4.79 Å². The van der Waals surface area contributed by atoms with E-state index in [1.807, 2.05) is 12.1 Å². The van der Waals surface area contributed by atoms with Crippen molar-refractivity contribution in [2.45, 2.75) is 13.3 Å². The molecule has 1 N–H and O–H groups in total. The molecule has 0 unspecified atom stereocenters. The summed E-state index contributed by atoms with van der Waals surface area (Å²) in [6.45, 7) is 2.08. The molecule has 5 heteroatoms. The number of hydrogen-bond acceptors (Lipinski definition) is 4. The second kappa shape index (κ2) is 5.28. The second-order valence-electron chi connectivity index (χ2n) is 4.97. The third-order valence-electron chi connectivity index (χ3n) is 3.30. The summed E-state index contributed by atoms with van der Waals surface area (Å²) in [4.78, 5) is 19.9. The van der Waals surface area contributed by atoms with E-state index in [2.05, 4.69) is 22.2 Å². The summed E-state index contributed by atoms with van der Waals surface area (Å²) in [5, 5.41) is 2.90. The zero-order valence-corrected chi connectivity index (χ0v) is 11.1. The van der Waals surface area contributed by atoms with Gasteiger partial charge >= 0.3 is 6.01 Å². The number of carbonyl (C=O) groups is 1. The fraction of sp³-hybridized carbons (Fsp3) is 0.267. The van der Waals surface area contributed by atoms with Gasteiger partial charge in [0.25, 0.3) is 0 Å². The van der Waals surface area contributed by atoms with Crippen LogP contribution in [0.15, 0.2) is 42.7 Å². The fourth-order valence-corrected chi connectivity index (χ4v) is 2.00. The third kappa shape index (κ3) is 2.93. The molecular weight excluding hydrogens is 254 g/mol. The molecule has 102 valence electrons. The third-order valence-corrected chi connectivity index (χ3v) is 3.30. The number of benzene rings is 1. The van der Waals surface area contributed by atoms with Gasteiger partial charge in [0.05, 0.1) is 0 Å². The van der Waals surface area contributed by atoms with E-state index in [9.17, 15) is 4.79 Å². The van der Waals surface area contributed by atoms with Crippen molar-refractivity contribution in [2.75, 3.05) is 5.32 Å². The van der Waals surface area contributed by atoms with E-state index in [1.165, 1.54) is 0 Å². The number of nitrogens with zero attached hydrogens (tertiary/aromatic N) is 2. The van der Waals surface area contributed by atoms with Crippen LogP contribution < -0.4 is 10.1 Å². The average Bonchev–Trinajstić information content (AvgIpc) is 3.18. The summed E-state index contributed by atoms with van der Waals surface area (Å²) < 4.78 is 5.52. The predicted octanol–water partition coefficient (Wildman–Crippen LogP) is 2.86. The highest BCUT2D eigenvalue weighted by Gasteiger charge is 2.39. The highest BCUT2D eigenvalue weighted by atomic mass is 16.5. The van der Waals surface area contributed by atoms with Crippen molar-refractivity contribution in [3.63, 3.8) is 0 Å². The van der Waals surface area contributed by atoms with Crippen molar-refractivity contribution in [1.82, 2.24) is 9.97 Å². The van der Waals surface area contributed by atoms with Gasteiger partial charge in [-0.05, 0) is 30.5 Å². The Labute approximate surface area is 117 Å². The van der Waals surface area contributed by atoms with Crippen LogP contribution in [0.3, 0.4) is 0 Å². The molecule has 20 heavy (non-hydrogen) atoms. The van der Waals surface area contributed by atoms with Crippen LogP contribution in [0.4, 0.5) is 5.69 Å². The van der Waals surface area contributed by atoms with E-state index in [0.29, 0.717) is 11.7 Å². The Morgan fingerprint density at radius 2 is 2.05 bits per heavy atom. The maximum Gasteiger partial charge on any atom is 0.321 e. The van der Waals surface area contributed by atoms with Crippen LogP contribution in [0.1, 0.15) is 13.3 Å². The summed E-state index contributed by atoms with van der Waals surface area (Å²) in [7, 11) is 0. The minimum atomic E-state index is 0.0746. The lowest BCUT2D eigenvalue weighted by Gasteiger charge is -2.07. The van der Waals surface area contributed by atoms with Gasteiger partial charge < -0.3 is 10.1 Å². The van der Waals surface area contributed by atoms with Crippen LogP contribution in [-0.4, -0.2) is 15.9 Å². The van der Waals surface area contributed by atoms with E-state index < -0.39 is 0 Å². The maximum atomic E-state index is 11.9. The van der Waals surface area contributed by atoms with Crippen LogP contribution in [0, 0.1) is 11.8 Å². The summed E-state index contributed by atoms with van der Waals surface area (Å²) >= 11 is 0. The van der Waals surface area contributed by atoms with Crippen LogP contribution in [0.5, 0.6) is 11.8 Å². The van der Waals surface area contributed by atoms with Gasteiger partial charge in [-0.1, -0.05) is 13.0 Å². The summed E-state index contributed by atoms with van der Waals surface area (Å²) in [6, 6.07) is 9.23. The Kier molecular flexibility index (Phi) is 3.33. The number of anilines is 1. The molecule has 1 aliphatic carbocycles. The van der Waals surface area contributed by atoms with Gasteiger partial charge in [0.2, 0.25) is 5.91 Å². The summed E-state index contributed by atoms with van der Waals surface area (Å²) in [5.41, 5.74) is 0.725. The normalized spacial score (nSPS) is 20.2. The number of nitrogens with one attached hydrogen (secondary N) is 1. The average molecular weight is 269 g/mol. The molecule has 0 saturated heterocycles. The molecule has 2 atom stereocenters. The molecular formula is C15H15N3O2. The number of amides is 1. The van der Waals surface area contributed by atoms with Gasteiger partial charge in [0.15, 0.2) is 0 Å². The Hall–Kier alpha value is -2.43. The minimum Gasteiger partial charge on any atom is -0.424 e. The Balaban J connectivity index is 1.68. The van der Waals surface area contributed by atoms with Crippen molar-refractivity contribution in [3.05, 3.63) is 42.7 Å². The zero-order chi connectivity index (χ0) is 13.9. The number of aromatic nitrogens is 2. The van der Waals surface area contributed by atoms with E-state index >= 15 is 0 Å². The SMILES string of the molecule is C[C@@H]1C[C@H]1C(=O)Nc1cccc(Oc2ncccn2)c1. The molecule has 5 nitrogen and oxygen atoms in total. The highest BCUT2D eigenvalue weighted by molar-refractivity contribution is 5.94. The first kappa shape index (κ1) is 12.6. The monoisotopic (exact) mass is 269 g/mol. The van der Waals surface area contributed by atoms with Crippen LogP contribution in [0.2, 0.25) is 0 Å². The molecule has 1 heterocycles. The van der Waals surface area contributed by atoms with Crippen molar-refractivity contribution < 1.29 is 9.53 Å². The lowest BCUT2D eigenvalue weighted by molar-refractivity contribution is -0.117. The molecule has 2 aromatic rings. The van der Waals surface area contributed by atoms with E-state index in [1.54, 1.807) is 30.6 Å². The van der Waals surface area contributed by atoms with Gasteiger partial charge in [0.1, 0.15) is 5.75 Å². The molecule has 1 amide bonds. The molecule has 1 aromatic heterocycles. The largest absolute Gasteiger partial charge is 0.424 e. The molecule has 1 aromatic carbocycles. The first-order valence-electron chi connectivity index (χ1n) is 6.58. The first-order chi connectivity index (χ1) is 9.72. The molecule has 0 spiro atoms. The van der Waals surface area contributed by atoms with Crippen LogP contribution >= 0.6 is 0 Å². The molecule has 0 radical (unpaired) electrons. The maximum absolute atomic E-state index is 11.9. The molecule has 1 aliphatic rings. The summed E-state index contributed by atoms with van der Waals surface area (Å²) in [5.74, 6) is 1.31. The standard InChI is InChI=1S/C15H15N3O2/c1-10-8-13(10)14(19)18-11-4-2-5-12(9-11)20-15-16-6-3-7-17-15/h2-7,9-10,13H,8H2,1H3,(H,18,19)/t10-,13-/m1/s1. The highest BCUT2D eigenvalue weighted by Crippen LogP contribution is 2.38. The van der Waals surface area contributed by atoms with Gasteiger partial charge in [0, 0.05) is 30.1 Å². The molecule has 1 saturated carbocycles. The number of rotatable bonds is 4. The molecule has 3 rings (SSSR count). The number of ether oxygens (including phenoxy) is 1. The Morgan fingerprint density at radius 3 is 2.75 bits per heavy atom. The van der Waals surface area contributed by atoms with E-state index in [0.717, 1.165) is 12.1 Å². The van der Waals surface area contributed by atoms with Gasteiger partial charge in [-0.15, -0.1) is 0 Å². The first-order valence-corrected chi connectivity index (χ1v) is 6.58. The topological polar surface area (TPSA) is 64.1 Å². The Bertz CT molecular complexity index is 616. The minimum absolute atomic E-state index is 0.0746. The fourth-order valence-electron chi connectivity index (χ4n) is 2.00. The van der Waals surface area contributed by atoms with Crippen molar-refractivity contribution in [1.29, 1.82) is 0 Å². The van der Waals surface area contributed by atoms with Crippen molar-refractivity contribution in [2.24, 2.45) is 11.8 Å². The summed E-state index contributed by atoms with van der Waals surface area (Å²) in [6.07, 6.45) is 4.20. The van der Waals surface area contributed by atoms with Gasteiger partial charge in [-0.25, -0.2) is 9.97 Å². The van der Waals surface area contributed by atoms with Gasteiger partial charge in [-0.2, -0.15) is 0 Å². The van der Waals surface area contributed by atoms with Crippen LogP contribution in [0.25, 0.3) is 0 Å². The van der Waals surface area contributed by atoms with Crippen molar-refractivity contribution >= 4 is 11.6 Å². The van der Waals surface area contributed by atoms with Crippen molar-refractivity contribution in [3.8, 4) is 11.8 Å². The Morgan fingerprint density at radius 1 is 1.30 bits per heavy atom. The molecule has 0 aliphatic heterocycles. The predicted molar refractivity (Wildman–Crippen MR) is 74.4 cm³/mol. The second-order valence-corrected chi connectivity index (χ2v) is 4.97. The van der Waals surface area contributed by atoms with Crippen LogP contribution in [-0.2, 0) is 4.79 Å². The number of carbonyl (C=O) groups excluding carboxylic acids is 1. The zero-order valence-electron chi connectivity index (χ0n) is 11.1. The van der Waals surface area contributed by atoms with E-state index in [-0.39, 0.29) is 17.8 Å². The van der Waals surface area contributed by atoms with E-state index in [4.69, 9.17) is 4.74 Å². The lowest BCUT2D eigenvalue weighted by atomic mass is 10.2. The molecule has 0 bridgehead atoms. The quantitative estimate of drug-likeness (QED) is 0.927.